The SMILES string of the molecule is CNCCCNc1c(C)cccc1Cl. The normalized spacial score (nSPS) is 10.2. The third-order valence-electron chi connectivity index (χ3n) is 2.13. The van der Waals surface area contributed by atoms with Crippen molar-refractivity contribution in [2.75, 3.05) is 25.5 Å². The number of nitrogens with one attached hydrogen (secondary N) is 2. The topological polar surface area (TPSA) is 24.1 Å². The highest BCUT2D eigenvalue weighted by molar-refractivity contribution is 6.33. The Morgan fingerprint density at radius 1 is 1.29 bits per heavy atom. The molecule has 0 amide bonds. The second-order valence-corrected chi connectivity index (χ2v) is 3.72. The molecule has 0 unspecified atom stereocenters. The number of rotatable bonds is 5. The Morgan fingerprint density at radius 3 is 2.71 bits per heavy atom. The minimum atomic E-state index is 0.800. The van der Waals surface area contributed by atoms with Crippen LogP contribution >= 0.6 is 11.6 Å². The van der Waals surface area contributed by atoms with Crippen molar-refractivity contribution in [1.82, 2.24) is 5.32 Å². The molecule has 0 aliphatic heterocycles. The van der Waals surface area contributed by atoms with E-state index in [1.807, 2.05) is 19.2 Å². The smallest absolute Gasteiger partial charge is 0.0640 e. The molecule has 0 aliphatic rings. The van der Waals surface area contributed by atoms with E-state index in [4.69, 9.17) is 11.6 Å². The van der Waals surface area contributed by atoms with Gasteiger partial charge in [-0.2, -0.15) is 0 Å². The maximum atomic E-state index is 6.06. The zero-order valence-electron chi connectivity index (χ0n) is 8.73. The van der Waals surface area contributed by atoms with Crippen molar-refractivity contribution in [3.63, 3.8) is 0 Å². The number of anilines is 1. The van der Waals surface area contributed by atoms with Gasteiger partial charge in [-0.25, -0.2) is 0 Å². The summed E-state index contributed by atoms with van der Waals surface area (Å²) in [5, 5.41) is 7.25. The maximum Gasteiger partial charge on any atom is 0.0640 e. The van der Waals surface area contributed by atoms with Crippen molar-refractivity contribution >= 4 is 17.3 Å². The predicted octanol–water partition coefficient (Wildman–Crippen LogP) is 2.67. The quantitative estimate of drug-likeness (QED) is 0.734. The summed E-state index contributed by atoms with van der Waals surface area (Å²) < 4.78 is 0. The molecule has 0 spiro atoms. The molecular formula is C11H17ClN2. The van der Waals surface area contributed by atoms with Gasteiger partial charge in [0.1, 0.15) is 0 Å². The molecule has 0 bridgehead atoms. The molecule has 3 heteroatoms. The fraction of sp³-hybridized carbons (Fsp3) is 0.455. The van der Waals surface area contributed by atoms with Gasteiger partial charge in [0.15, 0.2) is 0 Å². The van der Waals surface area contributed by atoms with Gasteiger partial charge in [0.2, 0.25) is 0 Å². The number of para-hydroxylation sites is 1. The predicted molar refractivity (Wildman–Crippen MR) is 63.2 cm³/mol. The molecule has 0 atom stereocenters. The fourth-order valence-electron chi connectivity index (χ4n) is 1.33. The molecule has 0 aliphatic carbocycles. The van der Waals surface area contributed by atoms with Crippen LogP contribution in [-0.2, 0) is 0 Å². The molecule has 1 aromatic rings. The number of hydrogen-bond acceptors (Lipinski definition) is 2. The average molecular weight is 213 g/mol. The molecule has 0 saturated heterocycles. The minimum absolute atomic E-state index is 0.800. The highest BCUT2D eigenvalue weighted by Gasteiger charge is 2.01. The zero-order chi connectivity index (χ0) is 10.4. The van der Waals surface area contributed by atoms with E-state index >= 15 is 0 Å². The van der Waals surface area contributed by atoms with E-state index in [1.54, 1.807) is 0 Å². The van der Waals surface area contributed by atoms with Gasteiger partial charge in [-0.15, -0.1) is 0 Å². The van der Waals surface area contributed by atoms with Crippen molar-refractivity contribution < 1.29 is 0 Å². The van der Waals surface area contributed by atoms with Gasteiger partial charge in [-0.1, -0.05) is 23.7 Å². The van der Waals surface area contributed by atoms with Gasteiger partial charge >= 0.3 is 0 Å². The number of aryl methyl sites for hydroxylation is 1. The summed E-state index contributed by atoms with van der Waals surface area (Å²) in [6, 6.07) is 5.94. The van der Waals surface area contributed by atoms with Crippen LogP contribution in [0.2, 0.25) is 5.02 Å². The zero-order valence-corrected chi connectivity index (χ0v) is 9.49. The van der Waals surface area contributed by atoms with Crippen LogP contribution in [0.5, 0.6) is 0 Å². The number of hydrogen-bond donors (Lipinski definition) is 2. The van der Waals surface area contributed by atoms with E-state index in [2.05, 4.69) is 23.6 Å². The summed E-state index contributed by atoms with van der Waals surface area (Å²) in [4.78, 5) is 0. The van der Waals surface area contributed by atoms with Crippen LogP contribution in [0, 0.1) is 6.92 Å². The standard InChI is InChI=1S/C11H17ClN2/c1-9-5-3-6-10(12)11(9)14-8-4-7-13-2/h3,5-6,13-14H,4,7-8H2,1-2H3. The molecule has 1 aromatic carbocycles. The lowest BCUT2D eigenvalue weighted by atomic mass is 10.2. The van der Waals surface area contributed by atoms with Crippen LogP contribution < -0.4 is 10.6 Å². The molecule has 0 saturated carbocycles. The summed E-state index contributed by atoms with van der Waals surface area (Å²) in [5.41, 5.74) is 2.26. The molecule has 0 aromatic heterocycles. The molecule has 0 heterocycles. The lowest BCUT2D eigenvalue weighted by Crippen LogP contribution is -2.13. The van der Waals surface area contributed by atoms with Gasteiger partial charge in [0.05, 0.1) is 10.7 Å². The van der Waals surface area contributed by atoms with E-state index in [1.165, 1.54) is 5.56 Å². The molecule has 0 radical (unpaired) electrons. The van der Waals surface area contributed by atoms with Gasteiger partial charge < -0.3 is 10.6 Å². The Kier molecular flexibility index (Phi) is 4.77. The Labute approximate surface area is 90.7 Å². The van der Waals surface area contributed by atoms with Gasteiger partial charge in [-0.3, -0.25) is 0 Å². The molecular weight excluding hydrogens is 196 g/mol. The summed E-state index contributed by atoms with van der Waals surface area (Å²) in [6.45, 7) is 4.04. The average Bonchev–Trinajstić information content (AvgIpc) is 2.16. The van der Waals surface area contributed by atoms with Crippen LogP contribution in [0.15, 0.2) is 18.2 Å². The first-order valence-electron chi connectivity index (χ1n) is 4.89. The summed E-state index contributed by atoms with van der Waals surface area (Å²) in [5.74, 6) is 0. The van der Waals surface area contributed by atoms with Gasteiger partial charge in [0.25, 0.3) is 0 Å². The van der Waals surface area contributed by atoms with Gasteiger partial charge in [0, 0.05) is 6.54 Å². The largest absolute Gasteiger partial charge is 0.384 e. The van der Waals surface area contributed by atoms with Crippen molar-refractivity contribution in [2.45, 2.75) is 13.3 Å². The Hall–Kier alpha value is -0.730. The van der Waals surface area contributed by atoms with Crippen LogP contribution in [0.1, 0.15) is 12.0 Å². The first-order chi connectivity index (χ1) is 6.75. The highest BCUT2D eigenvalue weighted by Crippen LogP contribution is 2.24. The molecule has 2 nitrogen and oxygen atoms in total. The van der Waals surface area contributed by atoms with E-state index in [-0.39, 0.29) is 0 Å². The summed E-state index contributed by atoms with van der Waals surface area (Å²) in [6.07, 6.45) is 1.10. The number of halogens is 1. The molecule has 2 N–H and O–H groups in total. The van der Waals surface area contributed by atoms with Crippen molar-refractivity contribution in [2.24, 2.45) is 0 Å². The van der Waals surface area contributed by atoms with Crippen LogP contribution in [0.25, 0.3) is 0 Å². The second-order valence-electron chi connectivity index (χ2n) is 3.32. The molecule has 78 valence electrons. The molecule has 0 fully saturated rings. The lowest BCUT2D eigenvalue weighted by Gasteiger charge is -2.10. The molecule has 1 rings (SSSR count). The van der Waals surface area contributed by atoms with Crippen LogP contribution in [-0.4, -0.2) is 20.1 Å². The van der Waals surface area contributed by atoms with E-state index in [0.717, 1.165) is 30.2 Å². The third-order valence-corrected chi connectivity index (χ3v) is 2.44. The fourth-order valence-corrected chi connectivity index (χ4v) is 1.62. The third kappa shape index (κ3) is 3.20. The van der Waals surface area contributed by atoms with Crippen molar-refractivity contribution in [3.8, 4) is 0 Å². The van der Waals surface area contributed by atoms with Crippen LogP contribution in [0.4, 0.5) is 5.69 Å². The molecule has 14 heavy (non-hydrogen) atoms. The van der Waals surface area contributed by atoms with Crippen LogP contribution in [0.3, 0.4) is 0 Å². The first kappa shape index (κ1) is 11.3. The van der Waals surface area contributed by atoms with Gasteiger partial charge in [-0.05, 0) is 38.6 Å². The van der Waals surface area contributed by atoms with Crippen molar-refractivity contribution in [1.29, 1.82) is 0 Å². The van der Waals surface area contributed by atoms with Crippen molar-refractivity contribution in [3.05, 3.63) is 28.8 Å². The maximum absolute atomic E-state index is 6.06. The first-order valence-corrected chi connectivity index (χ1v) is 5.27. The minimum Gasteiger partial charge on any atom is -0.384 e. The second kappa shape index (κ2) is 5.89. The highest BCUT2D eigenvalue weighted by atomic mass is 35.5. The summed E-state index contributed by atoms with van der Waals surface area (Å²) in [7, 11) is 1.96. The van der Waals surface area contributed by atoms with E-state index in [0.29, 0.717) is 0 Å². The number of benzene rings is 1. The van der Waals surface area contributed by atoms with E-state index in [9.17, 15) is 0 Å². The Morgan fingerprint density at radius 2 is 2.07 bits per heavy atom. The monoisotopic (exact) mass is 212 g/mol. The Balaban J connectivity index is 2.49. The lowest BCUT2D eigenvalue weighted by molar-refractivity contribution is 0.748. The summed E-state index contributed by atoms with van der Waals surface area (Å²) >= 11 is 6.06. The van der Waals surface area contributed by atoms with E-state index < -0.39 is 0 Å². The Bertz CT molecular complexity index is 266.